The standard InChI is InChI=1S/C17H23N5O4S/c1-2-10-7-11(21-27(25,26)12-3-4-12)8-14(10)20-16-13-5-6-18-17(13)19-9-15(16)22(23)24/h5-6,9-12,14,21H,2-4,7-8H2,1H3,(H2,18,19,20)/t10-,11?,14+/m1/s1. The van der Waals surface area contributed by atoms with Crippen LogP contribution >= 0.6 is 0 Å². The van der Waals surface area contributed by atoms with Crippen LogP contribution in [-0.2, 0) is 10.0 Å². The molecule has 4 rings (SSSR count). The smallest absolute Gasteiger partial charge is 0.311 e. The van der Waals surface area contributed by atoms with Crippen molar-refractivity contribution in [2.75, 3.05) is 5.32 Å². The minimum atomic E-state index is -3.25. The van der Waals surface area contributed by atoms with E-state index in [1.54, 1.807) is 12.3 Å². The second kappa shape index (κ2) is 6.75. The van der Waals surface area contributed by atoms with E-state index in [-0.39, 0.29) is 28.9 Å². The summed E-state index contributed by atoms with van der Waals surface area (Å²) in [6.07, 6.45) is 6.63. The molecule has 10 heteroatoms. The summed E-state index contributed by atoms with van der Waals surface area (Å²) in [4.78, 5) is 18.1. The van der Waals surface area contributed by atoms with E-state index in [0.29, 0.717) is 23.1 Å². The van der Waals surface area contributed by atoms with Crippen molar-refractivity contribution in [3.8, 4) is 0 Å². The Morgan fingerprint density at radius 2 is 2.15 bits per heavy atom. The Morgan fingerprint density at radius 1 is 1.37 bits per heavy atom. The molecule has 2 saturated carbocycles. The number of rotatable bonds is 7. The highest BCUT2D eigenvalue weighted by Gasteiger charge is 2.41. The number of fused-ring (bicyclic) bond motifs is 1. The molecule has 0 bridgehead atoms. The number of aromatic nitrogens is 2. The molecule has 2 aromatic heterocycles. The monoisotopic (exact) mass is 393 g/mol. The molecule has 3 atom stereocenters. The number of H-pyrrole nitrogens is 1. The Bertz CT molecular complexity index is 969. The Kier molecular flexibility index (Phi) is 4.55. The Labute approximate surface area is 157 Å². The lowest BCUT2D eigenvalue weighted by atomic mass is 10.00. The van der Waals surface area contributed by atoms with Crippen LogP contribution in [0.2, 0.25) is 0 Å². The van der Waals surface area contributed by atoms with Gasteiger partial charge in [0.15, 0.2) is 0 Å². The molecule has 2 aromatic rings. The van der Waals surface area contributed by atoms with Gasteiger partial charge >= 0.3 is 5.69 Å². The summed E-state index contributed by atoms with van der Waals surface area (Å²) in [7, 11) is -3.25. The van der Waals surface area contributed by atoms with Gasteiger partial charge in [0, 0.05) is 23.7 Å². The summed E-state index contributed by atoms with van der Waals surface area (Å²) in [5.41, 5.74) is 0.958. The number of hydrogen-bond acceptors (Lipinski definition) is 6. The van der Waals surface area contributed by atoms with E-state index in [1.807, 2.05) is 0 Å². The second-order valence-corrected chi connectivity index (χ2v) is 9.46. The summed E-state index contributed by atoms with van der Waals surface area (Å²) < 4.78 is 27.4. The van der Waals surface area contributed by atoms with Gasteiger partial charge in [-0.3, -0.25) is 10.1 Å². The van der Waals surface area contributed by atoms with Crippen molar-refractivity contribution in [2.45, 2.75) is 56.4 Å². The molecule has 1 unspecified atom stereocenters. The van der Waals surface area contributed by atoms with Crippen molar-refractivity contribution in [3.63, 3.8) is 0 Å². The number of nitrogens with zero attached hydrogens (tertiary/aromatic N) is 2. The van der Waals surface area contributed by atoms with Crippen LogP contribution in [0, 0.1) is 16.0 Å². The summed E-state index contributed by atoms with van der Waals surface area (Å²) in [6.45, 7) is 2.06. The summed E-state index contributed by atoms with van der Waals surface area (Å²) in [5, 5.41) is 15.2. The van der Waals surface area contributed by atoms with Crippen LogP contribution in [0.1, 0.15) is 39.0 Å². The fraction of sp³-hybridized carbons (Fsp3) is 0.588. The van der Waals surface area contributed by atoms with Gasteiger partial charge in [0.2, 0.25) is 10.0 Å². The van der Waals surface area contributed by atoms with Crippen molar-refractivity contribution in [1.82, 2.24) is 14.7 Å². The van der Waals surface area contributed by atoms with Crippen molar-refractivity contribution >= 4 is 32.4 Å². The molecule has 2 aliphatic rings. The number of pyridine rings is 1. The van der Waals surface area contributed by atoms with Crippen molar-refractivity contribution in [1.29, 1.82) is 0 Å². The minimum absolute atomic E-state index is 0.0406. The molecule has 0 radical (unpaired) electrons. The van der Waals surface area contributed by atoms with E-state index in [9.17, 15) is 18.5 Å². The molecular formula is C17H23N5O4S. The minimum Gasteiger partial charge on any atom is -0.376 e. The van der Waals surface area contributed by atoms with Gasteiger partial charge < -0.3 is 10.3 Å². The molecule has 2 fully saturated rings. The van der Waals surface area contributed by atoms with Crippen LogP contribution in [0.5, 0.6) is 0 Å². The zero-order valence-electron chi connectivity index (χ0n) is 15.0. The average Bonchev–Trinajstić information content (AvgIpc) is 3.26. The van der Waals surface area contributed by atoms with Crippen molar-refractivity contribution in [2.24, 2.45) is 5.92 Å². The summed E-state index contributed by atoms with van der Waals surface area (Å²) in [5.74, 6) is 0.235. The lowest BCUT2D eigenvalue weighted by Crippen LogP contribution is -2.36. The van der Waals surface area contributed by atoms with Gasteiger partial charge in [-0.1, -0.05) is 13.3 Å². The molecule has 146 valence electrons. The van der Waals surface area contributed by atoms with Crippen LogP contribution in [0.3, 0.4) is 0 Å². The molecule has 0 aliphatic heterocycles. The van der Waals surface area contributed by atoms with Gasteiger partial charge in [0.05, 0.1) is 10.2 Å². The summed E-state index contributed by atoms with van der Waals surface area (Å²) >= 11 is 0. The predicted octanol–water partition coefficient (Wildman–Crippen LogP) is 2.52. The normalized spacial score (nSPS) is 25.7. The first-order chi connectivity index (χ1) is 12.9. The quantitative estimate of drug-likeness (QED) is 0.489. The highest BCUT2D eigenvalue weighted by atomic mass is 32.2. The molecule has 2 aliphatic carbocycles. The fourth-order valence-electron chi connectivity index (χ4n) is 4.03. The third-order valence-corrected chi connectivity index (χ3v) is 7.62. The van der Waals surface area contributed by atoms with E-state index in [2.05, 4.69) is 26.9 Å². The lowest BCUT2D eigenvalue weighted by molar-refractivity contribution is -0.384. The van der Waals surface area contributed by atoms with Crippen LogP contribution in [0.15, 0.2) is 18.5 Å². The maximum Gasteiger partial charge on any atom is 0.311 e. The average molecular weight is 393 g/mol. The molecule has 9 nitrogen and oxygen atoms in total. The van der Waals surface area contributed by atoms with Crippen LogP contribution in [0.4, 0.5) is 11.4 Å². The number of nitro groups is 1. The van der Waals surface area contributed by atoms with Gasteiger partial charge in [-0.15, -0.1) is 0 Å². The Morgan fingerprint density at radius 3 is 2.81 bits per heavy atom. The number of hydrogen-bond donors (Lipinski definition) is 3. The fourth-order valence-corrected chi connectivity index (χ4v) is 5.64. The molecule has 3 N–H and O–H groups in total. The van der Waals surface area contributed by atoms with Gasteiger partial charge in [-0.25, -0.2) is 18.1 Å². The molecule has 0 aromatic carbocycles. The van der Waals surface area contributed by atoms with Crippen molar-refractivity contribution < 1.29 is 13.3 Å². The first-order valence-electron chi connectivity index (χ1n) is 9.27. The van der Waals surface area contributed by atoms with E-state index in [0.717, 1.165) is 25.7 Å². The summed E-state index contributed by atoms with van der Waals surface area (Å²) in [6, 6.07) is 1.59. The van der Waals surface area contributed by atoms with Crippen molar-refractivity contribution in [3.05, 3.63) is 28.6 Å². The third kappa shape index (κ3) is 3.51. The number of anilines is 1. The molecular weight excluding hydrogens is 370 g/mol. The van der Waals surface area contributed by atoms with Crippen LogP contribution in [-0.4, -0.2) is 40.6 Å². The second-order valence-electron chi connectivity index (χ2n) is 7.47. The van der Waals surface area contributed by atoms with Crippen LogP contribution in [0.25, 0.3) is 11.0 Å². The Hall–Kier alpha value is -2.20. The first kappa shape index (κ1) is 18.2. The van der Waals surface area contributed by atoms with Crippen LogP contribution < -0.4 is 10.0 Å². The number of nitrogens with one attached hydrogen (secondary N) is 3. The Balaban J connectivity index is 1.58. The first-order valence-corrected chi connectivity index (χ1v) is 10.8. The van der Waals surface area contributed by atoms with Gasteiger partial charge in [-0.2, -0.15) is 0 Å². The highest BCUT2D eigenvalue weighted by molar-refractivity contribution is 7.90. The van der Waals surface area contributed by atoms with E-state index in [4.69, 9.17) is 0 Å². The highest BCUT2D eigenvalue weighted by Crippen LogP contribution is 2.38. The van der Waals surface area contributed by atoms with E-state index in [1.165, 1.54) is 6.20 Å². The van der Waals surface area contributed by atoms with E-state index < -0.39 is 14.9 Å². The maximum atomic E-state index is 12.3. The predicted molar refractivity (Wildman–Crippen MR) is 102 cm³/mol. The zero-order chi connectivity index (χ0) is 19.2. The SMILES string of the molecule is CC[C@@H]1CC(NS(=O)(=O)C2CC2)C[C@@H]1Nc1c([N+](=O)[O-])cnc2[nH]ccc12. The van der Waals surface area contributed by atoms with Gasteiger partial charge in [0.25, 0.3) is 0 Å². The molecule has 2 heterocycles. The molecule has 0 spiro atoms. The number of sulfonamides is 1. The maximum absolute atomic E-state index is 12.3. The lowest BCUT2D eigenvalue weighted by Gasteiger charge is -2.21. The van der Waals surface area contributed by atoms with E-state index >= 15 is 0 Å². The topological polar surface area (TPSA) is 130 Å². The van der Waals surface area contributed by atoms with Gasteiger partial charge in [0.1, 0.15) is 17.5 Å². The number of aromatic amines is 1. The zero-order valence-corrected chi connectivity index (χ0v) is 15.8. The largest absolute Gasteiger partial charge is 0.376 e. The third-order valence-electron chi connectivity index (χ3n) is 5.61. The molecule has 0 saturated heterocycles. The molecule has 27 heavy (non-hydrogen) atoms. The van der Waals surface area contributed by atoms with Gasteiger partial charge in [-0.05, 0) is 37.7 Å². The molecule has 0 amide bonds.